The van der Waals surface area contributed by atoms with Gasteiger partial charge in [-0.05, 0) is 96.2 Å². The summed E-state index contributed by atoms with van der Waals surface area (Å²) >= 11 is 0. The summed E-state index contributed by atoms with van der Waals surface area (Å²) < 4.78 is 0. The highest BCUT2D eigenvalue weighted by atomic mass is 16.4. The molecular formula is C39H54N8O9. The Balaban J connectivity index is 1.87. The zero-order valence-electron chi connectivity index (χ0n) is 32.8. The van der Waals surface area contributed by atoms with Crippen molar-refractivity contribution in [2.45, 2.75) is 122 Å². The molecule has 7 atom stereocenters. The van der Waals surface area contributed by atoms with E-state index in [0.717, 1.165) is 0 Å². The first-order chi connectivity index (χ1) is 26.2. The fourth-order valence-electron chi connectivity index (χ4n) is 6.95. The quantitative estimate of drug-likeness (QED) is 0.196. The molecule has 2 aliphatic heterocycles. The number of aliphatic hydroxyl groups is 1. The minimum atomic E-state index is -1.71. The molecule has 0 unspecified atom stereocenters. The average molecular weight is 779 g/mol. The fraction of sp³-hybridized carbons (Fsp3) is 0.538. The predicted molar refractivity (Wildman–Crippen MR) is 206 cm³/mol. The van der Waals surface area contributed by atoms with Crippen LogP contribution in [0.3, 0.4) is 0 Å². The van der Waals surface area contributed by atoms with Crippen molar-refractivity contribution < 1.29 is 43.8 Å². The third-order valence-corrected chi connectivity index (χ3v) is 9.50. The highest BCUT2D eigenvalue weighted by Gasteiger charge is 2.43. The number of benzene rings is 1. The van der Waals surface area contributed by atoms with Gasteiger partial charge in [0.1, 0.15) is 24.2 Å². The molecule has 1 aromatic heterocycles. The molecule has 17 heteroatoms. The number of pyridine rings is 1. The molecule has 2 bridgehead atoms. The SMILES string of the molecule is CC(C)C[C@@H]1NC(=O)c2ccc(-c3ccncc3)c(c2)NC(=O)[C@@H]2CCCN2[C@H](C(=O)NC(C)(C)C)[C@H](C)NC(=O)[C@H]([C@@H](C)O)NC(=O)[C@H](CC(=O)O)NC1=O. The third kappa shape index (κ3) is 11.3. The maximum atomic E-state index is 14.3. The zero-order valence-corrected chi connectivity index (χ0v) is 32.8. The predicted octanol–water partition coefficient (Wildman–Crippen LogP) is 0.923. The second-order valence-electron chi connectivity index (χ2n) is 15.9. The van der Waals surface area contributed by atoms with Crippen molar-refractivity contribution in [1.82, 2.24) is 36.5 Å². The Morgan fingerprint density at radius 2 is 1.55 bits per heavy atom. The van der Waals surface area contributed by atoms with E-state index in [2.05, 4.69) is 36.9 Å². The van der Waals surface area contributed by atoms with E-state index in [0.29, 0.717) is 30.5 Å². The van der Waals surface area contributed by atoms with Gasteiger partial charge in [0.2, 0.25) is 29.5 Å². The van der Waals surface area contributed by atoms with Gasteiger partial charge in [-0.2, -0.15) is 0 Å². The number of aliphatic carboxylic acids is 1. The maximum Gasteiger partial charge on any atom is 0.305 e. The van der Waals surface area contributed by atoms with Crippen LogP contribution in [0.25, 0.3) is 11.1 Å². The van der Waals surface area contributed by atoms with Crippen LogP contribution in [0.1, 0.15) is 84.5 Å². The van der Waals surface area contributed by atoms with Crippen LogP contribution >= 0.6 is 0 Å². The van der Waals surface area contributed by atoms with Gasteiger partial charge in [-0.25, -0.2) is 0 Å². The van der Waals surface area contributed by atoms with Crippen LogP contribution in [0.5, 0.6) is 0 Å². The molecule has 1 aromatic carbocycles. The van der Waals surface area contributed by atoms with Gasteiger partial charge in [0.25, 0.3) is 5.91 Å². The first kappa shape index (κ1) is 43.3. The standard InChI is InChI=1S/C39H54N8O9/c1-20(2)17-27-34(52)44-28(19-30(49)50)35(53)45-31(22(4)48)37(55)41-21(3)32(38(56)46-39(5,6)7)47-16-8-9-29(47)36(54)42-26-18-24(33(51)43-27)10-11-25(26)23-12-14-40-15-13-23/h10-15,18,20-22,27-29,31-32,48H,8-9,16-17,19H2,1-7H3,(H,41,55)(H,42,54)(H,43,51)(H,44,52)(H,45,53)(H,46,56)(H,49,50)/t21-,22+,27-,28-,29-,31-,32-/m0/s1. The van der Waals surface area contributed by atoms with Crippen LogP contribution in [0.2, 0.25) is 0 Å². The van der Waals surface area contributed by atoms with E-state index in [1.165, 1.54) is 19.1 Å². The van der Waals surface area contributed by atoms with Crippen LogP contribution < -0.4 is 31.9 Å². The summed E-state index contributed by atoms with van der Waals surface area (Å²) in [5.74, 6) is -6.04. The van der Waals surface area contributed by atoms with Crippen molar-refractivity contribution >= 4 is 47.1 Å². The van der Waals surface area contributed by atoms with Gasteiger partial charge < -0.3 is 42.1 Å². The van der Waals surface area contributed by atoms with Crippen LogP contribution in [0.4, 0.5) is 5.69 Å². The number of carbonyl (C=O) groups is 7. The molecule has 1 fully saturated rings. The van der Waals surface area contributed by atoms with Crippen LogP contribution in [-0.2, 0) is 28.8 Å². The number of hydrogen-bond acceptors (Lipinski definition) is 10. The Bertz CT molecular complexity index is 1800. The smallest absolute Gasteiger partial charge is 0.305 e. The number of nitrogens with zero attached hydrogens (tertiary/aromatic N) is 2. The van der Waals surface area contributed by atoms with E-state index in [1.807, 2.05) is 13.8 Å². The molecule has 6 amide bonds. The monoisotopic (exact) mass is 778 g/mol. The molecule has 2 aromatic rings. The molecule has 3 heterocycles. The summed E-state index contributed by atoms with van der Waals surface area (Å²) in [5, 5.41) is 36.4. The summed E-state index contributed by atoms with van der Waals surface area (Å²) in [6, 6.07) is 0.601. The lowest BCUT2D eigenvalue weighted by molar-refractivity contribution is -0.141. The number of rotatable bonds is 7. The zero-order chi connectivity index (χ0) is 41.5. The van der Waals surface area contributed by atoms with Crippen LogP contribution in [0.15, 0.2) is 42.7 Å². The summed E-state index contributed by atoms with van der Waals surface area (Å²) in [6.07, 6.45) is 1.78. The van der Waals surface area contributed by atoms with Crippen LogP contribution in [-0.4, -0.2) is 116 Å². The average Bonchev–Trinajstić information content (AvgIpc) is 3.57. The van der Waals surface area contributed by atoms with Gasteiger partial charge in [-0.3, -0.25) is 43.4 Å². The molecule has 4 rings (SSSR count). The highest BCUT2D eigenvalue weighted by Crippen LogP contribution is 2.31. The van der Waals surface area contributed by atoms with Crippen LogP contribution in [0, 0.1) is 5.92 Å². The molecule has 8 N–H and O–H groups in total. The van der Waals surface area contributed by atoms with Crippen molar-refractivity contribution in [1.29, 1.82) is 0 Å². The molecule has 56 heavy (non-hydrogen) atoms. The van der Waals surface area contributed by atoms with E-state index >= 15 is 0 Å². The van der Waals surface area contributed by atoms with Gasteiger partial charge in [-0.15, -0.1) is 0 Å². The normalized spacial score (nSPS) is 25.1. The van der Waals surface area contributed by atoms with Crippen molar-refractivity contribution in [2.75, 3.05) is 11.9 Å². The van der Waals surface area contributed by atoms with E-state index in [-0.39, 0.29) is 23.6 Å². The number of carboxylic acid groups (broad SMARTS) is 1. The second-order valence-corrected chi connectivity index (χ2v) is 15.9. The molecular weight excluding hydrogens is 724 g/mol. The maximum absolute atomic E-state index is 14.3. The van der Waals surface area contributed by atoms with Gasteiger partial charge in [0, 0.05) is 34.7 Å². The van der Waals surface area contributed by atoms with Crippen molar-refractivity contribution in [3.63, 3.8) is 0 Å². The Hall–Kier alpha value is -5.42. The molecule has 1 saturated heterocycles. The van der Waals surface area contributed by atoms with E-state index in [4.69, 9.17) is 0 Å². The fourth-order valence-corrected chi connectivity index (χ4v) is 6.95. The molecule has 0 aliphatic carbocycles. The third-order valence-electron chi connectivity index (χ3n) is 9.50. The minimum Gasteiger partial charge on any atom is -0.481 e. The number of aromatic nitrogens is 1. The second kappa shape index (κ2) is 18.5. The Morgan fingerprint density at radius 3 is 2.16 bits per heavy atom. The number of hydrogen-bond donors (Lipinski definition) is 8. The number of carboxylic acids is 1. The first-order valence-electron chi connectivity index (χ1n) is 18.8. The number of amides is 6. The van der Waals surface area contributed by atoms with E-state index in [9.17, 15) is 43.8 Å². The summed E-state index contributed by atoms with van der Waals surface area (Å²) in [6.45, 7) is 12.1. The Morgan fingerprint density at radius 1 is 0.893 bits per heavy atom. The van der Waals surface area contributed by atoms with E-state index < -0.39 is 95.7 Å². The number of aliphatic hydroxyl groups excluding tert-OH is 1. The van der Waals surface area contributed by atoms with Gasteiger partial charge >= 0.3 is 5.97 Å². The lowest BCUT2D eigenvalue weighted by atomic mass is 9.99. The number of nitrogens with one attached hydrogen (secondary N) is 6. The van der Waals surface area contributed by atoms with Gasteiger partial charge in [-0.1, -0.05) is 19.9 Å². The minimum absolute atomic E-state index is 0.0933. The van der Waals surface area contributed by atoms with Gasteiger partial charge in [0.15, 0.2) is 0 Å². The number of anilines is 1. The summed E-state index contributed by atoms with van der Waals surface area (Å²) in [4.78, 5) is 101. The Kier molecular flexibility index (Phi) is 14.3. The number of carbonyl (C=O) groups excluding carboxylic acids is 6. The molecule has 0 radical (unpaired) electrons. The molecule has 2 aliphatic rings. The van der Waals surface area contributed by atoms with Gasteiger partial charge in [0.05, 0.1) is 24.6 Å². The summed E-state index contributed by atoms with van der Waals surface area (Å²) in [5.41, 5.74) is 0.919. The first-order valence-corrected chi connectivity index (χ1v) is 18.8. The van der Waals surface area contributed by atoms with Crippen molar-refractivity contribution in [3.05, 3.63) is 48.3 Å². The Labute approximate surface area is 326 Å². The molecule has 0 saturated carbocycles. The van der Waals surface area contributed by atoms with E-state index in [1.54, 1.807) is 63.2 Å². The van der Waals surface area contributed by atoms with Crippen molar-refractivity contribution in [3.8, 4) is 11.1 Å². The molecule has 17 nitrogen and oxygen atoms in total. The number of fused-ring (bicyclic) bond motifs is 3. The summed E-state index contributed by atoms with van der Waals surface area (Å²) in [7, 11) is 0. The lowest BCUT2D eigenvalue weighted by Crippen LogP contribution is -2.65. The highest BCUT2D eigenvalue weighted by molar-refractivity contribution is 6.04. The lowest BCUT2D eigenvalue weighted by Gasteiger charge is -2.37. The topological polar surface area (TPSA) is 248 Å². The molecule has 304 valence electrons. The molecule has 0 spiro atoms. The van der Waals surface area contributed by atoms with Crippen molar-refractivity contribution in [2.24, 2.45) is 5.92 Å². The largest absolute Gasteiger partial charge is 0.481 e.